The number of thioether (sulfide) groups is 1. The second-order valence-corrected chi connectivity index (χ2v) is 5.74. The Balaban J connectivity index is 1.92. The fraction of sp³-hybridized carbons (Fsp3) is 0.455. The van der Waals surface area contributed by atoms with Gasteiger partial charge in [0.05, 0.1) is 0 Å². The summed E-state index contributed by atoms with van der Waals surface area (Å²) in [4.78, 5) is 0. The van der Waals surface area contributed by atoms with Crippen LogP contribution in [-0.2, 0) is 0 Å². The predicted molar refractivity (Wildman–Crippen MR) is 68.0 cm³/mol. The minimum atomic E-state index is -0.205. The van der Waals surface area contributed by atoms with E-state index in [-0.39, 0.29) is 5.82 Å². The fourth-order valence-electron chi connectivity index (χ4n) is 1.63. The lowest BCUT2D eigenvalue weighted by molar-refractivity contribution is 0.624. The topological polar surface area (TPSA) is 12.0 Å². The van der Waals surface area contributed by atoms with Crippen molar-refractivity contribution in [1.82, 2.24) is 0 Å². The number of anilines is 1. The number of hydrogen-bond acceptors (Lipinski definition) is 2. The first kappa shape index (κ1) is 11.3. The Morgan fingerprint density at radius 3 is 3.07 bits per heavy atom. The van der Waals surface area contributed by atoms with E-state index in [1.807, 2.05) is 11.8 Å². The van der Waals surface area contributed by atoms with Gasteiger partial charge in [-0.15, -0.1) is 0 Å². The minimum absolute atomic E-state index is 0.205. The standard InChI is InChI=1S/C11H13BrFNS/c12-10-5-9(13)1-2-11(10)14-6-8-3-4-15-7-8/h1-2,5,8,14H,3-4,6-7H2. The number of benzene rings is 1. The molecular weight excluding hydrogens is 277 g/mol. The van der Waals surface area contributed by atoms with Crippen molar-refractivity contribution in [2.75, 3.05) is 23.4 Å². The van der Waals surface area contributed by atoms with Gasteiger partial charge < -0.3 is 5.32 Å². The van der Waals surface area contributed by atoms with Crippen LogP contribution in [-0.4, -0.2) is 18.1 Å². The molecule has 0 radical (unpaired) electrons. The second-order valence-electron chi connectivity index (χ2n) is 3.73. The van der Waals surface area contributed by atoms with Gasteiger partial charge in [-0.3, -0.25) is 0 Å². The molecule has 1 aliphatic rings. The van der Waals surface area contributed by atoms with Crippen LogP contribution in [0.4, 0.5) is 10.1 Å². The Morgan fingerprint density at radius 2 is 2.40 bits per heavy atom. The molecule has 15 heavy (non-hydrogen) atoms. The molecule has 1 aromatic carbocycles. The molecule has 82 valence electrons. The molecule has 0 amide bonds. The van der Waals surface area contributed by atoms with Crippen molar-refractivity contribution in [2.24, 2.45) is 5.92 Å². The Kier molecular flexibility index (Phi) is 3.92. The monoisotopic (exact) mass is 289 g/mol. The normalized spacial score (nSPS) is 20.5. The highest BCUT2D eigenvalue weighted by molar-refractivity contribution is 9.10. The third-order valence-corrected chi connectivity index (χ3v) is 4.42. The van der Waals surface area contributed by atoms with Crippen molar-refractivity contribution in [1.29, 1.82) is 0 Å². The molecule has 1 heterocycles. The van der Waals surface area contributed by atoms with E-state index in [1.54, 1.807) is 6.07 Å². The SMILES string of the molecule is Fc1ccc(NCC2CCSC2)c(Br)c1. The maximum absolute atomic E-state index is 12.8. The van der Waals surface area contributed by atoms with Crippen LogP contribution in [0.1, 0.15) is 6.42 Å². The van der Waals surface area contributed by atoms with Gasteiger partial charge in [-0.1, -0.05) is 0 Å². The molecule has 0 aliphatic carbocycles. The molecule has 1 N–H and O–H groups in total. The van der Waals surface area contributed by atoms with E-state index in [0.29, 0.717) is 0 Å². The van der Waals surface area contributed by atoms with E-state index in [2.05, 4.69) is 21.2 Å². The molecule has 1 aromatic rings. The van der Waals surface area contributed by atoms with E-state index in [4.69, 9.17) is 0 Å². The third-order valence-electron chi connectivity index (χ3n) is 2.54. The lowest BCUT2D eigenvalue weighted by Crippen LogP contribution is -2.13. The van der Waals surface area contributed by atoms with Crippen molar-refractivity contribution in [3.63, 3.8) is 0 Å². The summed E-state index contributed by atoms with van der Waals surface area (Å²) in [5.41, 5.74) is 0.980. The zero-order valence-corrected chi connectivity index (χ0v) is 10.7. The van der Waals surface area contributed by atoms with Gasteiger partial charge in [0.15, 0.2) is 0 Å². The number of nitrogens with one attached hydrogen (secondary N) is 1. The maximum atomic E-state index is 12.8. The summed E-state index contributed by atoms with van der Waals surface area (Å²) in [5.74, 6) is 3.07. The molecular formula is C11H13BrFNS. The summed E-state index contributed by atoms with van der Waals surface area (Å²) in [7, 11) is 0. The number of hydrogen-bond donors (Lipinski definition) is 1. The van der Waals surface area contributed by atoms with Crippen LogP contribution in [0.3, 0.4) is 0 Å². The van der Waals surface area contributed by atoms with Crippen LogP contribution < -0.4 is 5.32 Å². The summed E-state index contributed by atoms with van der Waals surface area (Å²) < 4.78 is 13.6. The van der Waals surface area contributed by atoms with Crippen LogP contribution in [0.2, 0.25) is 0 Å². The van der Waals surface area contributed by atoms with Gasteiger partial charge in [0.2, 0.25) is 0 Å². The largest absolute Gasteiger partial charge is 0.384 e. The molecule has 0 bridgehead atoms. The molecule has 1 unspecified atom stereocenters. The van der Waals surface area contributed by atoms with Crippen LogP contribution in [0.5, 0.6) is 0 Å². The van der Waals surface area contributed by atoms with Gasteiger partial charge in [0, 0.05) is 16.7 Å². The first-order valence-corrected chi connectivity index (χ1v) is 6.97. The summed E-state index contributed by atoms with van der Waals surface area (Å²) in [6.45, 7) is 0.983. The zero-order chi connectivity index (χ0) is 10.7. The van der Waals surface area contributed by atoms with Gasteiger partial charge in [-0.2, -0.15) is 11.8 Å². The van der Waals surface area contributed by atoms with Crippen molar-refractivity contribution in [2.45, 2.75) is 6.42 Å². The lowest BCUT2D eigenvalue weighted by atomic mass is 10.1. The van der Waals surface area contributed by atoms with Crippen LogP contribution >= 0.6 is 27.7 Å². The molecule has 4 heteroatoms. The molecule has 0 spiro atoms. The number of rotatable bonds is 3. The molecule has 1 nitrogen and oxygen atoms in total. The van der Waals surface area contributed by atoms with Crippen LogP contribution in [0, 0.1) is 11.7 Å². The van der Waals surface area contributed by atoms with E-state index in [0.717, 1.165) is 22.6 Å². The van der Waals surface area contributed by atoms with E-state index in [9.17, 15) is 4.39 Å². The number of halogens is 2. The lowest BCUT2D eigenvalue weighted by Gasteiger charge is -2.12. The summed E-state index contributed by atoms with van der Waals surface area (Å²) in [6.07, 6.45) is 1.29. The zero-order valence-electron chi connectivity index (χ0n) is 8.30. The Hall–Kier alpha value is -0.220. The van der Waals surface area contributed by atoms with Crippen LogP contribution in [0.25, 0.3) is 0 Å². The molecule has 2 rings (SSSR count). The Morgan fingerprint density at radius 1 is 1.53 bits per heavy atom. The van der Waals surface area contributed by atoms with E-state index < -0.39 is 0 Å². The first-order chi connectivity index (χ1) is 7.25. The Bertz CT molecular complexity index is 339. The highest BCUT2D eigenvalue weighted by Gasteiger charge is 2.15. The highest BCUT2D eigenvalue weighted by Crippen LogP contribution is 2.26. The summed E-state index contributed by atoms with van der Waals surface area (Å²) in [5, 5.41) is 3.36. The van der Waals surface area contributed by atoms with Crippen molar-refractivity contribution in [3.05, 3.63) is 28.5 Å². The Labute approximate surface area is 102 Å². The highest BCUT2D eigenvalue weighted by atomic mass is 79.9. The van der Waals surface area contributed by atoms with Gasteiger partial charge in [-0.05, 0) is 58.0 Å². The van der Waals surface area contributed by atoms with Gasteiger partial charge in [-0.25, -0.2) is 4.39 Å². The predicted octanol–water partition coefficient (Wildman–Crippen LogP) is 3.75. The molecule has 1 fully saturated rings. The van der Waals surface area contributed by atoms with Crippen molar-refractivity contribution in [3.8, 4) is 0 Å². The molecule has 1 saturated heterocycles. The van der Waals surface area contributed by atoms with Crippen molar-refractivity contribution < 1.29 is 4.39 Å². The molecule has 0 aromatic heterocycles. The smallest absolute Gasteiger partial charge is 0.124 e. The van der Waals surface area contributed by atoms with Gasteiger partial charge >= 0.3 is 0 Å². The van der Waals surface area contributed by atoms with Gasteiger partial charge in [0.25, 0.3) is 0 Å². The first-order valence-electron chi connectivity index (χ1n) is 5.02. The summed E-state index contributed by atoms with van der Waals surface area (Å²) >= 11 is 5.36. The summed E-state index contributed by atoms with van der Waals surface area (Å²) in [6, 6.07) is 4.75. The minimum Gasteiger partial charge on any atom is -0.384 e. The maximum Gasteiger partial charge on any atom is 0.124 e. The molecule has 1 atom stereocenters. The van der Waals surface area contributed by atoms with Crippen molar-refractivity contribution >= 4 is 33.4 Å². The molecule has 1 aliphatic heterocycles. The average molecular weight is 290 g/mol. The van der Waals surface area contributed by atoms with E-state index >= 15 is 0 Å². The molecule has 0 saturated carbocycles. The van der Waals surface area contributed by atoms with Gasteiger partial charge in [0.1, 0.15) is 5.82 Å². The fourth-order valence-corrected chi connectivity index (χ4v) is 3.41. The second kappa shape index (κ2) is 5.21. The quantitative estimate of drug-likeness (QED) is 0.910. The average Bonchev–Trinajstić information content (AvgIpc) is 2.69. The van der Waals surface area contributed by atoms with E-state index in [1.165, 1.54) is 30.1 Å². The third kappa shape index (κ3) is 3.11. The van der Waals surface area contributed by atoms with Crippen LogP contribution in [0.15, 0.2) is 22.7 Å².